The van der Waals surface area contributed by atoms with Gasteiger partial charge in [-0.25, -0.2) is 0 Å². The van der Waals surface area contributed by atoms with Gasteiger partial charge >= 0.3 is 59.2 Å². The first-order valence-corrected chi connectivity index (χ1v) is 9.95. The number of alkyl halides is 14. The molecule has 0 bridgehead atoms. The summed E-state index contributed by atoms with van der Waals surface area (Å²) in [4.78, 5) is 36.2. The van der Waals surface area contributed by atoms with Crippen LogP contribution in [0.25, 0.3) is 0 Å². The summed E-state index contributed by atoms with van der Waals surface area (Å²) in [6.45, 7) is 7.81. The van der Waals surface area contributed by atoms with Gasteiger partial charge in [0.05, 0.1) is 10.8 Å². The fourth-order valence-corrected chi connectivity index (χ4v) is 1.79. The molecule has 0 aromatic heterocycles. The molecule has 0 aromatic carbocycles. The summed E-state index contributed by atoms with van der Waals surface area (Å²) in [5.41, 5.74) is -2.31. The Hall–Kier alpha value is -1.81. The molecule has 39 heavy (non-hydrogen) atoms. The van der Waals surface area contributed by atoms with E-state index < -0.39 is 82.8 Å². The van der Waals surface area contributed by atoms with Gasteiger partial charge < -0.3 is 0 Å². The van der Waals surface area contributed by atoms with E-state index in [4.69, 9.17) is 9.59 Å². The van der Waals surface area contributed by atoms with E-state index in [1.165, 1.54) is 41.5 Å². The summed E-state index contributed by atoms with van der Waals surface area (Å²) < 4.78 is 173. The molecule has 0 rings (SSSR count). The van der Waals surface area contributed by atoms with Gasteiger partial charge in [0.15, 0.2) is 12.8 Å². The zero-order valence-corrected chi connectivity index (χ0v) is 21.8. The zero-order chi connectivity index (χ0) is 31.7. The van der Waals surface area contributed by atoms with Crippen molar-refractivity contribution in [3.8, 4) is 0 Å². The third-order valence-electron chi connectivity index (χ3n) is 4.63. The van der Waals surface area contributed by atoms with Gasteiger partial charge in [0.2, 0.25) is 0 Å². The molecule has 0 aliphatic heterocycles. The second-order valence-corrected chi connectivity index (χ2v) is 9.93. The van der Waals surface area contributed by atoms with Gasteiger partial charge in [-0.3, -0.25) is 19.2 Å². The van der Waals surface area contributed by atoms with Crippen molar-refractivity contribution in [1.29, 1.82) is 0 Å². The van der Waals surface area contributed by atoms with E-state index in [1.807, 2.05) is 0 Å². The first-order valence-electron chi connectivity index (χ1n) is 9.95. The molecule has 4 nitrogen and oxygen atoms in total. The van der Waals surface area contributed by atoms with E-state index in [1.54, 1.807) is 0 Å². The molecule has 0 aliphatic carbocycles. The SMILES string of the molecule is CC(C)(C)C(=[OH+])CC(=[OH+])C(F)(F)C(F)(F)C(F)(F)F.CC(C)(C)C(=[OH+])CC(=[OH+])C(F)(F)C(F)(F)C(F)(F)F.[Ni]. The van der Waals surface area contributed by atoms with Crippen molar-refractivity contribution in [2.24, 2.45) is 10.8 Å². The molecule has 0 unspecified atom stereocenters. The van der Waals surface area contributed by atoms with Crippen molar-refractivity contribution >= 4 is 23.1 Å². The summed E-state index contributed by atoms with van der Waals surface area (Å²) in [5.74, 6) is -31.1. The summed E-state index contributed by atoms with van der Waals surface area (Å²) in [6.07, 6.45) is -16.0. The van der Waals surface area contributed by atoms with Gasteiger partial charge in [0.25, 0.3) is 0 Å². The Bertz CT molecular complexity index is 833. The van der Waals surface area contributed by atoms with Gasteiger partial charge in [0, 0.05) is 16.5 Å². The zero-order valence-electron chi connectivity index (χ0n) is 20.8. The smallest absolute Gasteiger partial charge is 0.282 e. The number of hydrogen-bond donors (Lipinski definition) is 0. The monoisotopic (exact) mass is 654 g/mol. The second-order valence-electron chi connectivity index (χ2n) is 9.93. The maximum absolute atomic E-state index is 13.0. The van der Waals surface area contributed by atoms with Crippen LogP contribution in [0.5, 0.6) is 0 Å². The predicted molar refractivity (Wildman–Crippen MR) is 108 cm³/mol. The maximum atomic E-state index is 13.0. The van der Waals surface area contributed by atoms with E-state index >= 15 is 0 Å². The molecule has 0 atom stereocenters. The van der Waals surface area contributed by atoms with Gasteiger partial charge in [-0.2, -0.15) is 61.5 Å². The van der Waals surface area contributed by atoms with Crippen LogP contribution in [0.15, 0.2) is 0 Å². The van der Waals surface area contributed by atoms with Gasteiger partial charge in [-0.1, -0.05) is 0 Å². The third-order valence-corrected chi connectivity index (χ3v) is 4.63. The van der Waals surface area contributed by atoms with Crippen molar-refractivity contribution in [3.63, 3.8) is 0 Å². The Morgan fingerprint density at radius 2 is 0.590 bits per heavy atom. The number of carbonyl (C=O) groups excluding carboxylic acids is 4. The quantitative estimate of drug-likeness (QED) is 0.121. The maximum Gasteiger partial charge on any atom is 0.460 e. The first-order chi connectivity index (χ1) is 16.1. The fraction of sp³-hybridized carbons (Fsp3) is 0.800. The van der Waals surface area contributed by atoms with E-state index in [-0.39, 0.29) is 16.5 Å². The molecular weight excluding hydrogens is 629 g/mol. The van der Waals surface area contributed by atoms with Crippen LogP contribution in [-0.4, -0.2) is 78.4 Å². The first kappa shape index (κ1) is 41.7. The molecule has 0 radical (unpaired) electrons. The molecule has 0 fully saturated rings. The molecule has 19 heteroatoms. The fourth-order valence-electron chi connectivity index (χ4n) is 1.79. The number of ketones is 4. The van der Waals surface area contributed by atoms with E-state index in [0.717, 1.165) is 0 Å². The molecule has 234 valence electrons. The minimum Gasteiger partial charge on any atom is -0.282 e. The molecule has 0 amide bonds. The predicted octanol–water partition coefficient (Wildman–Crippen LogP) is 6.69. The molecule has 0 saturated carbocycles. The number of halogens is 14. The van der Waals surface area contributed by atoms with Crippen molar-refractivity contribution < 1.29 is 97.1 Å². The summed E-state index contributed by atoms with van der Waals surface area (Å²) in [7, 11) is 0. The molecule has 0 aromatic rings. The van der Waals surface area contributed by atoms with Crippen molar-refractivity contribution in [2.45, 2.75) is 90.4 Å². The Morgan fingerprint density at radius 3 is 0.718 bits per heavy atom. The Kier molecular flexibility index (Phi) is 13.2. The van der Waals surface area contributed by atoms with Crippen LogP contribution in [0.4, 0.5) is 61.5 Å². The van der Waals surface area contributed by atoms with Crippen LogP contribution in [-0.2, 0) is 16.5 Å². The average molecular weight is 655 g/mol. The number of hydrogen-bond acceptors (Lipinski definition) is 0. The Morgan fingerprint density at radius 1 is 0.410 bits per heavy atom. The van der Waals surface area contributed by atoms with E-state index in [9.17, 15) is 71.1 Å². The second kappa shape index (κ2) is 12.4. The van der Waals surface area contributed by atoms with Crippen LogP contribution in [0.1, 0.15) is 54.4 Å². The normalized spacial score (nSPS) is 14.1. The molecule has 0 aliphatic rings. The van der Waals surface area contributed by atoms with Crippen molar-refractivity contribution in [2.75, 3.05) is 0 Å². The van der Waals surface area contributed by atoms with Crippen LogP contribution in [0, 0.1) is 10.8 Å². The molecule has 0 spiro atoms. The van der Waals surface area contributed by atoms with Gasteiger partial charge in [-0.05, 0) is 41.5 Å². The van der Waals surface area contributed by atoms with Crippen LogP contribution >= 0.6 is 0 Å². The Balaban J connectivity index is -0.000000648. The molecular formula is C20H26F14NiO4+4. The third kappa shape index (κ3) is 9.66. The minimum atomic E-state index is -6.53. The van der Waals surface area contributed by atoms with Crippen LogP contribution < -0.4 is 0 Å². The van der Waals surface area contributed by atoms with Crippen LogP contribution in [0.3, 0.4) is 0 Å². The Labute approximate surface area is 222 Å². The molecule has 4 N–H and O–H groups in total. The molecule has 0 heterocycles. The summed E-state index contributed by atoms with van der Waals surface area (Å²) >= 11 is 0. The van der Waals surface area contributed by atoms with Crippen molar-refractivity contribution in [3.05, 3.63) is 0 Å². The summed E-state index contributed by atoms with van der Waals surface area (Å²) in [5, 5.41) is 0. The summed E-state index contributed by atoms with van der Waals surface area (Å²) in [6, 6.07) is 0. The number of rotatable bonds is 8. The average Bonchev–Trinajstić information content (AvgIpc) is 2.64. The minimum absolute atomic E-state index is 0. The van der Waals surface area contributed by atoms with E-state index in [0.29, 0.717) is 0 Å². The van der Waals surface area contributed by atoms with Crippen molar-refractivity contribution in [1.82, 2.24) is 0 Å². The van der Waals surface area contributed by atoms with E-state index in [2.05, 4.69) is 0 Å². The molecule has 0 saturated heterocycles. The van der Waals surface area contributed by atoms with Crippen LogP contribution in [0.2, 0.25) is 0 Å². The standard InChI is InChI=1S/2C10H11F7O2.Ni/c2*1-7(2,3)5(18)4-6(19)8(11,12)9(13,14)10(15,16)17;/h2*4H2,1-3H3;/p+4. The van der Waals surface area contributed by atoms with Gasteiger partial charge in [-0.15, -0.1) is 0 Å². The largest absolute Gasteiger partial charge is 0.460 e. The van der Waals surface area contributed by atoms with Gasteiger partial charge in [0.1, 0.15) is 0 Å². The topological polar surface area (TPSA) is 85.6 Å².